The Morgan fingerprint density at radius 1 is 0.885 bits per heavy atom. The molecule has 0 spiro atoms. The van der Waals surface area contributed by atoms with Gasteiger partial charge in [0.25, 0.3) is 0 Å². The largest absolute Gasteiger partial charge is 0.444 e. The Morgan fingerprint density at radius 3 is 1.81 bits per heavy atom. The van der Waals surface area contributed by atoms with Gasteiger partial charge in [-0.1, -0.05) is 0 Å². The minimum Gasteiger partial charge on any atom is -0.444 e. The van der Waals surface area contributed by atoms with Gasteiger partial charge in [0.05, 0.1) is 6.61 Å². The van der Waals surface area contributed by atoms with Gasteiger partial charge in [-0.2, -0.15) is 0 Å². The molecule has 0 saturated carbocycles. The van der Waals surface area contributed by atoms with Crippen molar-refractivity contribution in [1.82, 2.24) is 5.32 Å². The van der Waals surface area contributed by atoms with Gasteiger partial charge in [-0.05, 0) is 79.1 Å². The molecule has 0 unspecified atom stereocenters. The monoisotopic (exact) mass is 423 g/mol. The van der Waals surface area contributed by atoms with Gasteiger partial charge < -0.3 is 23.0 Å². The Kier molecular flexibility index (Phi) is 10.3. The van der Waals surface area contributed by atoms with Gasteiger partial charge in [-0.25, -0.2) is 4.79 Å². The van der Waals surface area contributed by atoms with Crippen molar-refractivity contribution in [1.29, 1.82) is 0 Å². The molecule has 1 N–H and O–H groups in total. The van der Waals surface area contributed by atoms with Gasteiger partial charge in [0.1, 0.15) is 5.60 Å². The molecule has 0 saturated heterocycles. The molecule has 0 radical (unpaired) electrons. The number of carbonyl (C=O) groups excluding carboxylic acids is 1. The highest BCUT2D eigenvalue weighted by Gasteiger charge is 2.39. The van der Waals surface area contributed by atoms with E-state index in [1.807, 2.05) is 20.8 Å². The molecule has 0 aliphatic rings. The van der Waals surface area contributed by atoms with Crippen LogP contribution in [0.3, 0.4) is 0 Å². The van der Waals surface area contributed by atoms with Crippen LogP contribution in [0.1, 0.15) is 27.2 Å². The van der Waals surface area contributed by atoms with Crippen molar-refractivity contribution < 1.29 is 22.5 Å². The van der Waals surface area contributed by atoms with Gasteiger partial charge in [0.2, 0.25) is 0 Å². The van der Waals surface area contributed by atoms with Gasteiger partial charge >= 0.3 is 14.7 Å². The number of nitrogens with one attached hydrogen (secondary N) is 1. The number of amides is 1. The first-order chi connectivity index (χ1) is 11.5. The molecule has 0 rings (SSSR count). The van der Waals surface area contributed by atoms with E-state index < -0.39 is 36.9 Å². The van der Waals surface area contributed by atoms with Crippen molar-refractivity contribution in [3.05, 3.63) is 0 Å². The maximum Gasteiger partial charge on any atom is 0.407 e. The number of alkyl carbamates (subject to hydrolysis) is 1. The topological polar surface area (TPSA) is 66.0 Å². The van der Waals surface area contributed by atoms with Crippen LogP contribution in [0.5, 0.6) is 0 Å². The van der Waals surface area contributed by atoms with E-state index in [4.69, 9.17) is 17.7 Å². The second-order valence-electron chi connectivity index (χ2n) is 9.71. The summed E-state index contributed by atoms with van der Waals surface area (Å²) in [7, 11) is -5.48. The molecule has 0 atom stereocenters. The predicted octanol–water partition coefficient (Wildman–Crippen LogP) is 4.69. The zero-order valence-corrected chi connectivity index (χ0v) is 21.6. The molecule has 0 aliphatic carbocycles. The third-order valence-corrected chi connectivity index (χ3v) is 12.5. The average Bonchev–Trinajstić information content (AvgIpc) is 2.30. The summed E-state index contributed by atoms with van der Waals surface area (Å²) < 4.78 is 23.7. The van der Waals surface area contributed by atoms with Crippen LogP contribution >= 0.6 is 0 Å². The molecule has 0 aromatic rings. The standard InChI is InChI=1S/C17H41NO5Si3/c1-17(2,3)21-16(19)18-12-14-20-13-11-15-26(10,22-24(4,5)6)23-25(7,8)9/h11-15H2,1-10H3,(H,18,19). The number of ether oxygens (including phenoxy) is 2. The summed E-state index contributed by atoms with van der Waals surface area (Å²) in [5, 5.41) is 2.69. The summed E-state index contributed by atoms with van der Waals surface area (Å²) in [5.74, 6) is 0. The molecule has 1 amide bonds. The Labute approximate surface area is 163 Å². The van der Waals surface area contributed by atoms with Crippen molar-refractivity contribution in [2.75, 3.05) is 19.8 Å². The lowest BCUT2D eigenvalue weighted by Crippen LogP contribution is -2.52. The van der Waals surface area contributed by atoms with Crippen LogP contribution in [0, 0.1) is 0 Å². The van der Waals surface area contributed by atoms with E-state index >= 15 is 0 Å². The summed E-state index contributed by atoms with van der Waals surface area (Å²) in [4.78, 5) is 11.5. The molecule has 0 fully saturated rings. The molecule has 156 valence electrons. The van der Waals surface area contributed by atoms with E-state index in [1.165, 1.54) is 0 Å². The molecule has 0 aromatic carbocycles. The fourth-order valence-corrected chi connectivity index (χ4v) is 15.1. The van der Waals surface area contributed by atoms with E-state index in [-0.39, 0.29) is 0 Å². The van der Waals surface area contributed by atoms with Crippen molar-refractivity contribution in [3.63, 3.8) is 0 Å². The van der Waals surface area contributed by atoms with E-state index in [0.29, 0.717) is 19.8 Å². The number of rotatable bonds is 11. The SMILES string of the molecule is CC(C)(C)OC(=O)NCCOCCC[Si](C)(O[Si](C)(C)C)O[Si](C)(C)C. The fourth-order valence-electron chi connectivity index (χ4n) is 2.56. The normalized spacial score (nSPS) is 13.6. The minimum absolute atomic E-state index is 0.409. The van der Waals surface area contributed by atoms with Crippen molar-refractivity contribution in [2.24, 2.45) is 0 Å². The van der Waals surface area contributed by atoms with Crippen LogP contribution in [0.15, 0.2) is 0 Å². The zero-order chi connectivity index (χ0) is 20.6. The highest BCUT2D eigenvalue weighted by atomic mass is 28.5. The van der Waals surface area contributed by atoms with E-state index in [2.05, 4.69) is 51.1 Å². The maximum absolute atomic E-state index is 11.5. The first kappa shape index (κ1) is 25.8. The Bertz CT molecular complexity index is 412. The first-order valence-electron chi connectivity index (χ1n) is 9.46. The molecule has 0 aromatic heterocycles. The minimum atomic E-state index is -2.18. The van der Waals surface area contributed by atoms with Crippen LogP contribution in [0.25, 0.3) is 0 Å². The lowest BCUT2D eigenvalue weighted by Gasteiger charge is -2.38. The number of hydrogen-bond acceptors (Lipinski definition) is 5. The summed E-state index contributed by atoms with van der Waals surface area (Å²) >= 11 is 0. The molecule has 0 heterocycles. The van der Waals surface area contributed by atoms with Crippen molar-refractivity contribution in [3.8, 4) is 0 Å². The number of carbonyl (C=O) groups is 1. The van der Waals surface area contributed by atoms with Crippen molar-refractivity contribution >= 4 is 31.3 Å². The highest BCUT2D eigenvalue weighted by Crippen LogP contribution is 2.25. The average molecular weight is 424 g/mol. The van der Waals surface area contributed by atoms with E-state index in [1.54, 1.807) is 0 Å². The van der Waals surface area contributed by atoms with Gasteiger partial charge in [0, 0.05) is 13.2 Å². The van der Waals surface area contributed by atoms with E-state index in [0.717, 1.165) is 12.5 Å². The second-order valence-corrected chi connectivity index (χ2v) is 22.6. The maximum atomic E-state index is 11.5. The number of hydrogen-bond donors (Lipinski definition) is 1. The quantitative estimate of drug-likeness (QED) is 0.385. The van der Waals surface area contributed by atoms with Gasteiger partial charge in [-0.15, -0.1) is 0 Å². The Balaban J connectivity index is 4.15. The lowest BCUT2D eigenvalue weighted by molar-refractivity contribution is 0.0499. The third-order valence-electron chi connectivity index (χ3n) is 2.88. The van der Waals surface area contributed by atoms with Crippen LogP contribution in [-0.2, 0) is 17.7 Å². The smallest absolute Gasteiger partial charge is 0.407 e. The molecule has 0 bridgehead atoms. The van der Waals surface area contributed by atoms with Crippen LogP contribution in [-0.4, -0.2) is 56.6 Å². The second kappa shape index (κ2) is 10.4. The van der Waals surface area contributed by atoms with Gasteiger partial charge in [-0.3, -0.25) is 0 Å². The zero-order valence-electron chi connectivity index (χ0n) is 18.6. The Morgan fingerprint density at radius 2 is 1.38 bits per heavy atom. The molecule has 26 heavy (non-hydrogen) atoms. The van der Waals surface area contributed by atoms with Crippen molar-refractivity contribution in [2.45, 2.75) is 84.7 Å². The van der Waals surface area contributed by atoms with Gasteiger partial charge in [0.15, 0.2) is 16.6 Å². The molecular formula is C17H41NO5Si3. The highest BCUT2D eigenvalue weighted by molar-refractivity contribution is 6.87. The summed E-state index contributed by atoms with van der Waals surface area (Å²) in [6.45, 7) is 22.6. The summed E-state index contributed by atoms with van der Waals surface area (Å²) in [6.07, 6.45) is 0.498. The Hall–Kier alpha value is -0.199. The summed E-state index contributed by atoms with van der Waals surface area (Å²) in [5.41, 5.74) is -0.479. The molecule has 0 aliphatic heterocycles. The van der Waals surface area contributed by atoms with E-state index in [9.17, 15) is 4.79 Å². The molecule has 6 nitrogen and oxygen atoms in total. The lowest BCUT2D eigenvalue weighted by atomic mass is 10.2. The molecular weight excluding hydrogens is 382 g/mol. The summed E-state index contributed by atoms with van der Waals surface area (Å²) in [6, 6.07) is 0.932. The van der Waals surface area contributed by atoms with Crippen LogP contribution < -0.4 is 5.32 Å². The predicted molar refractivity (Wildman–Crippen MR) is 115 cm³/mol. The fraction of sp³-hybridized carbons (Fsp3) is 0.941. The first-order valence-corrected chi connectivity index (χ1v) is 18.8. The van der Waals surface area contributed by atoms with Crippen LogP contribution in [0.2, 0.25) is 51.9 Å². The van der Waals surface area contributed by atoms with Crippen LogP contribution in [0.4, 0.5) is 4.79 Å². The molecule has 9 heteroatoms. The third kappa shape index (κ3) is 16.0.